The molecule has 0 radical (unpaired) electrons. The van der Waals surface area contributed by atoms with Crippen LogP contribution in [0.5, 0.6) is 0 Å². The molecule has 0 atom stereocenters. The summed E-state index contributed by atoms with van der Waals surface area (Å²) in [6.07, 6.45) is 3.45. The Morgan fingerprint density at radius 2 is 1.76 bits per heavy atom. The molecule has 3 nitrogen and oxygen atoms in total. The number of hydrogen-bond acceptors (Lipinski definition) is 3. The third-order valence-corrected chi connectivity index (χ3v) is 6.80. The van der Waals surface area contributed by atoms with Crippen LogP contribution in [0, 0.1) is 12.7 Å². The molecule has 2 heterocycles. The lowest BCUT2D eigenvalue weighted by molar-refractivity contribution is 0.209. The van der Waals surface area contributed by atoms with E-state index in [1.165, 1.54) is 24.6 Å². The number of aromatic nitrogens is 1. The molecule has 33 heavy (non-hydrogen) atoms. The van der Waals surface area contributed by atoms with Gasteiger partial charge in [-0.1, -0.05) is 62.4 Å². The highest BCUT2D eigenvalue weighted by atomic mass is 35.5. The third-order valence-electron chi connectivity index (χ3n) is 6.49. The summed E-state index contributed by atoms with van der Waals surface area (Å²) < 4.78 is 14.1. The van der Waals surface area contributed by atoms with E-state index in [2.05, 4.69) is 35.9 Å². The fourth-order valence-corrected chi connectivity index (χ4v) is 4.54. The van der Waals surface area contributed by atoms with Crippen molar-refractivity contribution in [3.8, 4) is 11.3 Å². The smallest absolute Gasteiger partial charge is 0.126 e. The Balaban J connectivity index is 1.54. The van der Waals surface area contributed by atoms with Crippen LogP contribution in [-0.2, 0) is 0 Å². The van der Waals surface area contributed by atoms with Crippen molar-refractivity contribution in [2.24, 2.45) is 0 Å². The standard InChI is InChI=1S/C28H31ClFN3/c1-5-6-7-20(3)32-12-14-33(15-13-32)21(4)22-10-11-24-25(29)18-27(31-28(24)17-22)23-9-8-19(2)26(30)16-23/h8-11,16-18H,3-7,12-15H2,1-2H3. The second-order valence-corrected chi connectivity index (χ2v) is 9.18. The van der Waals surface area contributed by atoms with Gasteiger partial charge in [-0.05, 0) is 49.1 Å². The number of aryl methyl sites for hydroxylation is 1. The van der Waals surface area contributed by atoms with Gasteiger partial charge in [0.25, 0.3) is 0 Å². The van der Waals surface area contributed by atoms with Crippen molar-refractivity contribution in [2.75, 3.05) is 26.2 Å². The van der Waals surface area contributed by atoms with Crippen LogP contribution in [0.2, 0.25) is 5.02 Å². The van der Waals surface area contributed by atoms with Gasteiger partial charge in [0.15, 0.2) is 0 Å². The summed E-state index contributed by atoms with van der Waals surface area (Å²) in [5.41, 5.74) is 6.02. The lowest BCUT2D eigenvalue weighted by Gasteiger charge is -2.39. The number of allylic oxidation sites excluding steroid dienone is 1. The SMILES string of the molecule is C=C(CCCC)N1CCN(C(=C)c2ccc3c(Cl)cc(-c4ccc(C)c(F)c4)nc3c2)CC1. The van der Waals surface area contributed by atoms with Gasteiger partial charge in [-0.15, -0.1) is 0 Å². The predicted molar refractivity (Wildman–Crippen MR) is 138 cm³/mol. The minimum Gasteiger partial charge on any atom is -0.372 e. The highest BCUT2D eigenvalue weighted by molar-refractivity contribution is 6.35. The average Bonchev–Trinajstić information content (AvgIpc) is 2.83. The summed E-state index contributed by atoms with van der Waals surface area (Å²) in [7, 11) is 0. The number of rotatable bonds is 7. The number of unbranched alkanes of at least 4 members (excludes halogenated alkanes) is 1. The van der Waals surface area contributed by atoms with Gasteiger partial charge < -0.3 is 9.80 Å². The number of pyridine rings is 1. The minimum absolute atomic E-state index is 0.246. The van der Waals surface area contributed by atoms with Crippen LogP contribution in [0.1, 0.15) is 37.3 Å². The Bertz CT molecular complexity index is 1200. The molecule has 1 fully saturated rings. The summed E-state index contributed by atoms with van der Waals surface area (Å²) in [5.74, 6) is -0.246. The molecule has 1 saturated heterocycles. The van der Waals surface area contributed by atoms with Crippen molar-refractivity contribution in [3.05, 3.63) is 83.3 Å². The van der Waals surface area contributed by atoms with Crippen molar-refractivity contribution >= 4 is 28.2 Å². The molecule has 0 N–H and O–H groups in total. The lowest BCUT2D eigenvalue weighted by Crippen LogP contribution is -2.44. The molecule has 1 aliphatic rings. The first-order valence-corrected chi connectivity index (χ1v) is 12.0. The van der Waals surface area contributed by atoms with Crippen molar-refractivity contribution < 1.29 is 4.39 Å². The molecule has 0 bridgehead atoms. The first-order valence-electron chi connectivity index (χ1n) is 11.6. The molecule has 0 saturated carbocycles. The van der Waals surface area contributed by atoms with Gasteiger partial charge in [0.1, 0.15) is 5.82 Å². The number of piperazine rings is 1. The number of fused-ring (bicyclic) bond motifs is 1. The molecular formula is C28H31ClFN3. The highest BCUT2D eigenvalue weighted by Crippen LogP contribution is 2.31. The van der Waals surface area contributed by atoms with Gasteiger partial charge in [0.05, 0.1) is 16.2 Å². The summed E-state index contributed by atoms with van der Waals surface area (Å²) in [5, 5.41) is 1.48. The van der Waals surface area contributed by atoms with Gasteiger partial charge in [-0.3, -0.25) is 0 Å². The van der Waals surface area contributed by atoms with E-state index in [9.17, 15) is 4.39 Å². The maximum atomic E-state index is 14.1. The minimum atomic E-state index is -0.246. The zero-order chi connectivity index (χ0) is 23.5. The van der Waals surface area contributed by atoms with E-state index in [4.69, 9.17) is 16.6 Å². The summed E-state index contributed by atoms with van der Waals surface area (Å²) in [6, 6.07) is 13.0. The van der Waals surface area contributed by atoms with Crippen molar-refractivity contribution in [2.45, 2.75) is 33.1 Å². The van der Waals surface area contributed by atoms with Crippen LogP contribution in [0.15, 0.2) is 61.3 Å². The van der Waals surface area contributed by atoms with Crippen LogP contribution in [0.3, 0.4) is 0 Å². The fraction of sp³-hybridized carbons (Fsp3) is 0.321. The van der Waals surface area contributed by atoms with Gasteiger partial charge in [0.2, 0.25) is 0 Å². The maximum Gasteiger partial charge on any atom is 0.126 e. The Hall–Kier alpha value is -2.85. The monoisotopic (exact) mass is 463 g/mol. The van der Waals surface area contributed by atoms with E-state index < -0.39 is 0 Å². The van der Waals surface area contributed by atoms with Crippen molar-refractivity contribution in [1.29, 1.82) is 0 Å². The second kappa shape index (κ2) is 9.96. The van der Waals surface area contributed by atoms with Crippen LogP contribution in [-0.4, -0.2) is 41.0 Å². The van der Waals surface area contributed by atoms with Gasteiger partial charge in [-0.25, -0.2) is 9.37 Å². The third kappa shape index (κ3) is 5.06. The molecule has 172 valence electrons. The molecule has 1 aliphatic heterocycles. The Kier molecular flexibility index (Phi) is 7.04. The molecule has 2 aromatic carbocycles. The molecule has 0 aliphatic carbocycles. The van der Waals surface area contributed by atoms with Crippen LogP contribution >= 0.6 is 11.6 Å². The normalized spacial score (nSPS) is 14.1. The van der Waals surface area contributed by atoms with E-state index in [1.807, 2.05) is 18.2 Å². The maximum absolute atomic E-state index is 14.1. The van der Waals surface area contributed by atoms with E-state index in [1.54, 1.807) is 19.1 Å². The lowest BCUT2D eigenvalue weighted by atomic mass is 10.0. The Morgan fingerprint density at radius 3 is 2.45 bits per heavy atom. The molecule has 0 spiro atoms. The molecule has 0 unspecified atom stereocenters. The van der Waals surface area contributed by atoms with Crippen molar-refractivity contribution in [3.63, 3.8) is 0 Å². The zero-order valence-electron chi connectivity index (χ0n) is 19.5. The number of nitrogens with zero attached hydrogens (tertiary/aromatic N) is 3. The molecular weight excluding hydrogens is 433 g/mol. The Morgan fingerprint density at radius 1 is 1.03 bits per heavy atom. The van der Waals surface area contributed by atoms with Gasteiger partial charge >= 0.3 is 0 Å². The average molecular weight is 464 g/mol. The Labute approximate surface area is 201 Å². The highest BCUT2D eigenvalue weighted by Gasteiger charge is 2.20. The van der Waals surface area contributed by atoms with Crippen LogP contribution in [0.4, 0.5) is 4.39 Å². The quantitative estimate of drug-likeness (QED) is 0.366. The summed E-state index contributed by atoms with van der Waals surface area (Å²) in [4.78, 5) is 9.52. The largest absolute Gasteiger partial charge is 0.372 e. The van der Waals surface area contributed by atoms with Crippen LogP contribution < -0.4 is 0 Å². The zero-order valence-corrected chi connectivity index (χ0v) is 20.3. The van der Waals surface area contributed by atoms with Gasteiger partial charge in [-0.2, -0.15) is 0 Å². The summed E-state index contributed by atoms with van der Waals surface area (Å²) in [6.45, 7) is 16.4. The van der Waals surface area contributed by atoms with E-state index in [-0.39, 0.29) is 5.82 Å². The first kappa shape index (κ1) is 23.3. The van der Waals surface area contributed by atoms with Crippen LogP contribution in [0.25, 0.3) is 27.9 Å². The van der Waals surface area contributed by atoms with E-state index in [0.717, 1.165) is 54.8 Å². The number of benzene rings is 2. The molecule has 3 aromatic rings. The summed E-state index contributed by atoms with van der Waals surface area (Å²) >= 11 is 6.57. The fourth-order valence-electron chi connectivity index (χ4n) is 4.28. The molecule has 4 rings (SSSR count). The van der Waals surface area contributed by atoms with Gasteiger partial charge in [0, 0.05) is 48.5 Å². The number of hydrogen-bond donors (Lipinski definition) is 0. The van der Waals surface area contributed by atoms with E-state index >= 15 is 0 Å². The van der Waals surface area contributed by atoms with Crippen molar-refractivity contribution in [1.82, 2.24) is 14.8 Å². The molecule has 5 heteroatoms. The topological polar surface area (TPSA) is 19.4 Å². The first-order chi connectivity index (χ1) is 15.9. The molecule has 1 aromatic heterocycles. The predicted octanol–water partition coefficient (Wildman–Crippen LogP) is 7.29. The van der Waals surface area contributed by atoms with E-state index in [0.29, 0.717) is 21.8 Å². The molecule has 0 amide bonds. The number of halogens is 2. The second-order valence-electron chi connectivity index (χ2n) is 8.78.